The maximum Gasteiger partial charge on any atom is 1.00 e. The van der Waals surface area contributed by atoms with Gasteiger partial charge in [0, 0.05) is 5.39 Å². The van der Waals surface area contributed by atoms with E-state index < -0.39 is 5.97 Å². The third-order valence-corrected chi connectivity index (χ3v) is 2.91. The van der Waals surface area contributed by atoms with E-state index in [1.54, 1.807) is 12.1 Å². The van der Waals surface area contributed by atoms with Gasteiger partial charge in [-0.15, -0.1) is 0 Å². The molecule has 84 valence electrons. The molecule has 0 aliphatic heterocycles. The first-order valence-corrected chi connectivity index (χ1v) is 5.25. The topological polar surface area (TPSA) is 76.2 Å². The van der Waals surface area contributed by atoms with Gasteiger partial charge >= 0.3 is 24.8 Å². The fourth-order valence-electron chi connectivity index (χ4n) is 1.30. The number of halogens is 2. The fraction of sp³-hybridized carbons (Fsp3) is 0. The molecule has 2 aromatic rings. The molecular weight excluding hydrogens is 349 g/mol. The molecule has 0 unspecified atom stereocenters. The number of nitrogens with two attached hydrogens (primary N) is 1. The van der Waals surface area contributed by atoms with Gasteiger partial charge in [-0.25, -0.2) is 9.78 Å². The van der Waals surface area contributed by atoms with Crippen molar-refractivity contribution in [3.63, 3.8) is 0 Å². The second-order valence-electron chi connectivity index (χ2n) is 3.07. The van der Waals surface area contributed by atoms with Crippen molar-refractivity contribution in [2.24, 2.45) is 0 Å². The summed E-state index contributed by atoms with van der Waals surface area (Å²) in [6.07, 6.45) is 0. The zero-order chi connectivity index (χ0) is 11.0. The van der Waals surface area contributed by atoms with Crippen LogP contribution in [0, 0.1) is 3.57 Å². The number of carboxylic acids is 1. The Kier molecular flexibility index (Phi) is 6.27. The van der Waals surface area contributed by atoms with Crippen LogP contribution >= 0.6 is 22.6 Å². The largest absolute Gasteiger partial charge is 1.00 e. The van der Waals surface area contributed by atoms with Gasteiger partial charge in [0.1, 0.15) is 5.82 Å². The van der Waals surface area contributed by atoms with Crippen LogP contribution in [0.5, 0.6) is 0 Å². The summed E-state index contributed by atoms with van der Waals surface area (Å²) in [5.74, 6) is -0.477. The summed E-state index contributed by atoms with van der Waals surface area (Å²) < 4.78 is 0.822. The van der Waals surface area contributed by atoms with E-state index >= 15 is 0 Å². The van der Waals surface area contributed by atoms with E-state index in [-0.39, 0.29) is 36.8 Å². The van der Waals surface area contributed by atoms with Crippen molar-refractivity contribution in [3.05, 3.63) is 33.4 Å². The number of nitrogens with zero attached hydrogens (tertiary/aromatic N) is 1. The SMILES string of the molecule is Nc1nc2ccc(C(=O)O)cc2cc1I.[Cl-].[Li+]. The first-order chi connectivity index (χ1) is 7.08. The second kappa shape index (κ2) is 6.45. The Morgan fingerprint density at radius 3 is 2.59 bits per heavy atom. The standard InChI is InChI=1S/C10H7IN2O2.ClH.Li/c11-7-4-6-3-5(10(14)15)1-2-8(6)13-9(7)12;;/h1-4H,(H2,12,13)(H,14,15);1H;/q;;+1/p-1. The third-order valence-electron chi connectivity index (χ3n) is 2.04. The fourth-order valence-corrected chi connectivity index (χ4v) is 1.75. The van der Waals surface area contributed by atoms with E-state index in [4.69, 9.17) is 10.8 Å². The van der Waals surface area contributed by atoms with Crippen molar-refractivity contribution in [1.29, 1.82) is 0 Å². The van der Waals surface area contributed by atoms with Crippen LogP contribution in [0.3, 0.4) is 0 Å². The summed E-state index contributed by atoms with van der Waals surface area (Å²) in [6, 6.07) is 6.59. The number of anilines is 1. The molecule has 1 aromatic heterocycles. The summed E-state index contributed by atoms with van der Waals surface area (Å²) in [5.41, 5.74) is 6.61. The summed E-state index contributed by atoms with van der Waals surface area (Å²) in [7, 11) is 0. The number of carbonyl (C=O) groups is 1. The molecule has 0 spiro atoms. The van der Waals surface area contributed by atoms with Gasteiger partial charge in [0.25, 0.3) is 0 Å². The zero-order valence-corrected chi connectivity index (χ0v) is 11.9. The number of hydrogen-bond acceptors (Lipinski definition) is 3. The van der Waals surface area contributed by atoms with Crippen LogP contribution in [-0.4, -0.2) is 16.1 Å². The predicted molar refractivity (Wildman–Crippen MR) is 65.8 cm³/mol. The first-order valence-electron chi connectivity index (χ1n) is 4.17. The molecule has 0 amide bonds. The average Bonchev–Trinajstić information content (AvgIpc) is 2.19. The number of pyridine rings is 1. The van der Waals surface area contributed by atoms with E-state index in [2.05, 4.69) is 27.6 Å². The maximum atomic E-state index is 10.7. The predicted octanol–water partition coefficient (Wildman–Crippen LogP) is -3.87. The molecule has 4 nitrogen and oxygen atoms in total. The van der Waals surface area contributed by atoms with E-state index in [9.17, 15) is 4.79 Å². The molecule has 0 saturated heterocycles. The van der Waals surface area contributed by atoms with Crippen molar-refractivity contribution < 1.29 is 41.2 Å². The van der Waals surface area contributed by atoms with Crippen LogP contribution in [0.25, 0.3) is 10.9 Å². The number of aromatic carboxylic acids is 1. The molecule has 0 fully saturated rings. The number of rotatable bonds is 1. The molecule has 0 aliphatic carbocycles. The molecule has 1 heterocycles. The van der Waals surface area contributed by atoms with Gasteiger partial charge in [0.2, 0.25) is 0 Å². The molecule has 3 N–H and O–H groups in total. The Morgan fingerprint density at radius 2 is 2.00 bits per heavy atom. The molecule has 1 aromatic carbocycles. The molecule has 0 saturated carbocycles. The zero-order valence-electron chi connectivity index (χ0n) is 8.95. The molecule has 17 heavy (non-hydrogen) atoms. The second-order valence-corrected chi connectivity index (χ2v) is 4.23. The van der Waals surface area contributed by atoms with Crippen molar-refractivity contribution in [2.75, 3.05) is 5.73 Å². The van der Waals surface area contributed by atoms with Crippen LogP contribution in [-0.2, 0) is 0 Å². The Morgan fingerprint density at radius 1 is 1.35 bits per heavy atom. The van der Waals surface area contributed by atoms with Crippen LogP contribution in [0.15, 0.2) is 24.3 Å². The van der Waals surface area contributed by atoms with Gasteiger partial charge in [0.05, 0.1) is 14.7 Å². The first kappa shape index (κ1) is 16.5. The van der Waals surface area contributed by atoms with Gasteiger partial charge in [-0.05, 0) is 46.9 Å². The number of benzene rings is 1. The van der Waals surface area contributed by atoms with Gasteiger partial charge in [-0.2, -0.15) is 0 Å². The number of nitrogen functional groups attached to an aromatic ring is 1. The van der Waals surface area contributed by atoms with Crippen LogP contribution < -0.4 is 37.0 Å². The minimum atomic E-state index is -0.941. The maximum absolute atomic E-state index is 10.7. The van der Waals surface area contributed by atoms with Crippen molar-refractivity contribution in [2.45, 2.75) is 0 Å². The Labute approximate surface area is 130 Å². The quantitative estimate of drug-likeness (QED) is 0.405. The molecule has 0 radical (unpaired) electrons. The number of carboxylic acid groups (broad SMARTS) is 1. The number of fused-ring (bicyclic) bond motifs is 1. The van der Waals surface area contributed by atoms with Gasteiger partial charge in [0.15, 0.2) is 0 Å². The monoisotopic (exact) mass is 356 g/mol. The molecular formula is C10H7ClILiN2O2. The van der Waals surface area contributed by atoms with Gasteiger partial charge < -0.3 is 23.2 Å². The van der Waals surface area contributed by atoms with Gasteiger partial charge in [-0.1, -0.05) is 0 Å². The van der Waals surface area contributed by atoms with E-state index in [1.165, 1.54) is 6.07 Å². The number of aromatic nitrogens is 1. The van der Waals surface area contributed by atoms with Crippen LogP contribution in [0.2, 0.25) is 0 Å². The molecule has 2 rings (SSSR count). The molecule has 0 aliphatic rings. The van der Waals surface area contributed by atoms with Gasteiger partial charge in [-0.3, -0.25) is 0 Å². The van der Waals surface area contributed by atoms with Crippen LogP contribution in [0.4, 0.5) is 5.82 Å². The molecule has 0 atom stereocenters. The number of hydrogen-bond donors (Lipinski definition) is 2. The molecule has 0 bridgehead atoms. The summed E-state index contributed by atoms with van der Waals surface area (Å²) >= 11 is 2.07. The Hall–Kier alpha value is -0.483. The third kappa shape index (κ3) is 3.49. The van der Waals surface area contributed by atoms with Crippen LogP contribution in [0.1, 0.15) is 10.4 Å². The summed E-state index contributed by atoms with van der Waals surface area (Å²) in [6.45, 7) is 0. The van der Waals surface area contributed by atoms with Crippen molar-refractivity contribution in [3.8, 4) is 0 Å². The van der Waals surface area contributed by atoms with Crippen molar-refractivity contribution >= 4 is 45.3 Å². The smallest absolute Gasteiger partial charge is 1.00 e. The minimum Gasteiger partial charge on any atom is -1.00 e. The van der Waals surface area contributed by atoms with E-state index in [1.807, 2.05) is 6.07 Å². The average molecular weight is 356 g/mol. The van der Waals surface area contributed by atoms with E-state index in [0.29, 0.717) is 11.3 Å². The van der Waals surface area contributed by atoms with E-state index in [0.717, 1.165) is 8.96 Å². The summed E-state index contributed by atoms with van der Waals surface area (Å²) in [4.78, 5) is 14.9. The summed E-state index contributed by atoms with van der Waals surface area (Å²) in [5, 5.41) is 9.61. The minimum absolute atomic E-state index is 0. The Balaban J connectivity index is 0.00000128. The van der Waals surface area contributed by atoms with Crippen molar-refractivity contribution in [1.82, 2.24) is 4.98 Å². The molecule has 7 heteroatoms. The normalized spacial score (nSPS) is 9.24. The Bertz CT molecular complexity index is 565.